The first-order valence-electron chi connectivity index (χ1n) is 10.4. The number of amides is 1. The number of hydrogen-bond acceptors (Lipinski definition) is 5. The fraction of sp³-hybridized carbons (Fsp3) is 0.200. The number of aromatic nitrogens is 1. The zero-order valence-electron chi connectivity index (χ0n) is 19.4. The first-order chi connectivity index (χ1) is 17.0. The van der Waals surface area contributed by atoms with Gasteiger partial charge in [-0.15, -0.1) is 0 Å². The van der Waals surface area contributed by atoms with Crippen molar-refractivity contribution in [2.75, 3.05) is 26.1 Å². The average Bonchev–Trinajstić information content (AvgIpc) is 2.82. The van der Waals surface area contributed by atoms with Crippen molar-refractivity contribution < 1.29 is 32.6 Å². The van der Waals surface area contributed by atoms with Crippen molar-refractivity contribution in [1.29, 1.82) is 0 Å². The van der Waals surface area contributed by atoms with E-state index in [9.17, 15) is 27.9 Å². The number of halogens is 4. The summed E-state index contributed by atoms with van der Waals surface area (Å²) in [5, 5.41) is 9.42. The topological polar surface area (TPSA) is 92.1 Å². The Bertz CT molecular complexity index is 1340. The maximum Gasteiger partial charge on any atom is 0.433 e. The Balaban J connectivity index is 2.22. The van der Waals surface area contributed by atoms with Crippen LogP contribution in [0.1, 0.15) is 27.2 Å². The molecule has 188 valence electrons. The predicted molar refractivity (Wildman–Crippen MR) is 130 cm³/mol. The van der Waals surface area contributed by atoms with Gasteiger partial charge in [0.2, 0.25) is 0 Å². The molecule has 36 heavy (non-hydrogen) atoms. The lowest BCUT2D eigenvalue weighted by Crippen LogP contribution is -2.28. The van der Waals surface area contributed by atoms with Gasteiger partial charge in [0.05, 0.1) is 19.2 Å². The number of methoxy groups -OCH3 is 1. The molecule has 1 N–H and O–H groups in total. The molecule has 0 aliphatic rings. The number of carboxylic acid groups (broad SMARTS) is 1. The molecule has 0 aliphatic carbocycles. The number of aliphatic carboxylic acids is 1. The van der Waals surface area contributed by atoms with Crippen LogP contribution in [0.15, 0.2) is 53.7 Å². The summed E-state index contributed by atoms with van der Waals surface area (Å²) >= 11 is 6.44. The number of anilines is 1. The van der Waals surface area contributed by atoms with Gasteiger partial charge in [-0.25, -0.2) is 0 Å². The largest absolute Gasteiger partial charge is 0.495 e. The fourth-order valence-electron chi connectivity index (χ4n) is 3.62. The van der Waals surface area contributed by atoms with E-state index in [0.29, 0.717) is 11.4 Å². The molecule has 0 bridgehead atoms. The van der Waals surface area contributed by atoms with Crippen LogP contribution in [0.2, 0.25) is 5.02 Å². The van der Waals surface area contributed by atoms with Crippen molar-refractivity contribution in [3.63, 3.8) is 0 Å². The lowest BCUT2D eigenvalue weighted by molar-refractivity contribution is -0.141. The van der Waals surface area contributed by atoms with Gasteiger partial charge in [-0.1, -0.05) is 23.7 Å². The minimum Gasteiger partial charge on any atom is -0.495 e. The standard InChI is InChI=1S/C25H21ClF3N3O4/c1-30-12-15-9-22(25(27,28)29)31-13-18(15)17-11-16(14(8-19(17)26)10-23(33)34)24(35)32(2)20-6-4-5-7-21(20)36-3/h4-9,11-13H,10H2,1-3H3,(H,33,34). The molecule has 0 unspecified atom stereocenters. The van der Waals surface area contributed by atoms with Gasteiger partial charge in [0, 0.05) is 53.8 Å². The molecule has 0 saturated heterocycles. The molecule has 7 nitrogen and oxygen atoms in total. The maximum absolute atomic E-state index is 13.6. The number of carbonyl (C=O) groups excluding carboxylic acids is 1. The van der Waals surface area contributed by atoms with Gasteiger partial charge in [-0.2, -0.15) is 13.2 Å². The monoisotopic (exact) mass is 519 g/mol. The summed E-state index contributed by atoms with van der Waals surface area (Å²) in [5.41, 5.74) is -0.0970. The van der Waals surface area contributed by atoms with E-state index in [1.807, 2.05) is 0 Å². The van der Waals surface area contributed by atoms with Crippen molar-refractivity contribution in [3.05, 3.63) is 76.1 Å². The number of nitrogens with zero attached hydrogens (tertiary/aromatic N) is 3. The first-order valence-corrected chi connectivity index (χ1v) is 10.8. The Morgan fingerprint density at radius 2 is 1.89 bits per heavy atom. The van der Waals surface area contributed by atoms with Gasteiger partial charge in [0.1, 0.15) is 11.4 Å². The van der Waals surface area contributed by atoms with E-state index in [1.165, 1.54) is 44.5 Å². The summed E-state index contributed by atoms with van der Waals surface area (Å²) in [6, 6.07) is 10.2. The number of hydrogen-bond donors (Lipinski definition) is 1. The maximum atomic E-state index is 13.6. The second kappa shape index (κ2) is 10.8. The Labute approximate surface area is 209 Å². The molecule has 1 heterocycles. The van der Waals surface area contributed by atoms with Gasteiger partial charge >= 0.3 is 12.1 Å². The number of rotatable bonds is 7. The van der Waals surface area contributed by atoms with Gasteiger partial charge in [0.25, 0.3) is 5.91 Å². The number of aliphatic imine (C=N–C) groups is 1. The van der Waals surface area contributed by atoms with Crippen molar-refractivity contribution in [1.82, 2.24) is 4.98 Å². The summed E-state index contributed by atoms with van der Waals surface area (Å²) in [5.74, 6) is -1.35. The Morgan fingerprint density at radius 3 is 2.50 bits per heavy atom. The molecule has 1 aromatic heterocycles. The molecule has 3 aromatic rings. The highest BCUT2D eigenvalue weighted by Gasteiger charge is 2.33. The van der Waals surface area contributed by atoms with Crippen molar-refractivity contribution in [3.8, 4) is 16.9 Å². The lowest BCUT2D eigenvalue weighted by Gasteiger charge is -2.22. The fourth-order valence-corrected chi connectivity index (χ4v) is 3.91. The smallest absolute Gasteiger partial charge is 0.433 e. The van der Waals surface area contributed by atoms with Crippen LogP contribution in [0, 0.1) is 0 Å². The molecule has 2 aromatic carbocycles. The third-order valence-electron chi connectivity index (χ3n) is 5.30. The molecular weight excluding hydrogens is 499 g/mol. The molecule has 0 atom stereocenters. The summed E-state index contributed by atoms with van der Waals surface area (Å²) in [4.78, 5) is 33.7. The highest BCUT2D eigenvalue weighted by molar-refractivity contribution is 6.34. The van der Waals surface area contributed by atoms with Crippen molar-refractivity contribution >= 4 is 35.4 Å². The third kappa shape index (κ3) is 5.65. The molecule has 0 aliphatic heterocycles. The normalized spacial score (nSPS) is 11.5. The predicted octanol–water partition coefficient (Wildman–Crippen LogP) is 5.38. The van der Waals surface area contributed by atoms with E-state index in [-0.39, 0.29) is 32.8 Å². The number of alkyl halides is 3. The number of carbonyl (C=O) groups is 2. The average molecular weight is 520 g/mol. The van der Waals surface area contributed by atoms with E-state index in [4.69, 9.17) is 16.3 Å². The van der Waals surface area contributed by atoms with E-state index >= 15 is 0 Å². The minimum atomic E-state index is -4.68. The second-order valence-corrected chi connectivity index (χ2v) is 8.04. The van der Waals surface area contributed by atoms with Gasteiger partial charge in [-0.3, -0.25) is 19.6 Å². The molecular formula is C25H21ClF3N3O4. The highest BCUT2D eigenvalue weighted by Crippen LogP contribution is 2.36. The molecule has 0 spiro atoms. The van der Waals surface area contributed by atoms with Crippen LogP contribution in [0.3, 0.4) is 0 Å². The third-order valence-corrected chi connectivity index (χ3v) is 5.61. The summed E-state index contributed by atoms with van der Waals surface area (Å²) in [6.07, 6.45) is -2.97. The van der Waals surface area contributed by atoms with Gasteiger partial charge in [-0.05, 0) is 35.9 Å². The van der Waals surface area contributed by atoms with E-state index in [1.54, 1.807) is 24.3 Å². The van der Waals surface area contributed by atoms with Crippen LogP contribution in [-0.4, -0.2) is 49.4 Å². The van der Waals surface area contributed by atoms with E-state index in [0.717, 1.165) is 12.3 Å². The number of ether oxygens (including phenoxy) is 1. The van der Waals surface area contributed by atoms with Gasteiger partial charge in [0.15, 0.2) is 0 Å². The Morgan fingerprint density at radius 1 is 1.19 bits per heavy atom. The zero-order chi connectivity index (χ0) is 26.6. The highest BCUT2D eigenvalue weighted by atomic mass is 35.5. The summed E-state index contributed by atoms with van der Waals surface area (Å²) < 4.78 is 45.0. The molecule has 3 rings (SSSR count). The van der Waals surface area contributed by atoms with Crippen molar-refractivity contribution in [2.24, 2.45) is 4.99 Å². The van der Waals surface area contributed by atoms with E-state index < -0.39 is 30.2 Å². The van der Waals surface area contributed by atoms with Crippen LogP contribution in [0.4, 0.5) is 18.9 Å². The van der Waals surface area contributed by atoms with Crippen LogP contribution in [0.5, 0.6) is 5.75 Å². The molecule has 11 heteroatoms. The van der Waals surface area contributed by atoms with Crippen LogP contribution in [-0.2, 0) is 17.4 Å². The Kier molecular flexibility index (Phi) is 7.99. The second-order valence-electron chi connectivity index (χ2n) is 7.64. The first kappa shape index (κ1) is 26.7. The lowest BCUT2D eigenvalue weighted by atomic mass is 9.94. The minimum absolute atomic E-state index is 0.00416. The van der Waals surface area contributed by atoms with Crippen LogP contribution in [0.25, 0.3) is 11.1 Å². The van der Waals surface area contributed by atoms with E-state index in [2.05, 4.69) is 9.98 Å². The summed E-state index contributed by atoms with van der Waals surface area (Å²) in [6.45, 7) is 0. The number of pyridine rings is 1. The summed E-state index contributed by atoms with van der Waals surface area (Å²) in [7, 11) is 4.34. The molecule has 0 fully saturated rings. The van der Waals surface area contributed by atoms with Crippen LogP contribution >= 0.6 is 11.6 Å². The quantitative estimate of drug-likeness (QED) is 0.423. The molecule has 0 radical (unpaired) electrons. The van der Waals surface area contributed by atoms with Gasteiger partial charge < -0.3 is 14.7 Å². The molecule has 0 saturated carbocycles. The Hall–Kier alpha value is -3.92. The number of para-hydroxylation sites is 2. The SMILES string of the molecule is CN=Cc1cc(C(F)(F)F)ncc1-c1cc(C(=O)N(C)c2ccccc2OC)c(CC(=O)O)cc1Cl. The number of benzene rings is 2. The number of carboxylic acids is 1. The van der Waals surface area contributed by atoms with Crippen LogP contribution < -0.4 is 9.64 Å². The zero-order valence-corrected chi connectivity index (χ0v) is 20.2. The van der Waals surface area contributed by atoms with Crippen molar-refractivity contribution in [2.45, 2.75) is 12.6 Å². The molecule has 1 amide bonds.